The van der Waals surface area contributed by atoms with Crippen LogP contribution >= 0.6 is 0 Å². The van der Waals surface area contributed by atoms with Crippen LogP contribution in [0.5, 0.6) is 0 Å². The lowest BCUT2D eigenvalue weighted by Gasteiger charge is -2.21. The van der Waals surface area contributed by atoms with Gasteiger partial charge in [0.15, 0.2) is 0 Å². The topological polar surface area (TPSA) is 63.4 Å². The molecule has 1 saturated heterocycles. The molecular formula is C12H17FN2O2S. The molecule has 1 aliphatic heterocycles. The summed E-state index contributed by atoms with van der Waals surface area (Å²) in [5.74, 6) is -0.735. The smallest absolute Gasteiger partial charge is 0.246 e. The Balaban J connectivity index is 2.51. The van der Waals surface area contributed by atoms with Crippen molar-refractivity contribution in [1.82, 2.24) is 4.31 Å². The fourth-order valence-electron chi connectivity index (χ4n) is 2.26. The predicted molar refractivity (Wildman–Crippen MR) is 68.1 cm³/mol. The molecule has 0 aromatic heterocycles. The van der Waals surface area contributed by atoms with Crippen molar-refractivity contribution in [1.29, 1.82) is 0 Å². The van der Waals surface area contributed by atoms with Crippen LogP contribution in [-0.4, -0.2) is 25.3 Å². The first kappa shape index (κ1) is 13.3. The average molecular weight is 272 g/mol. The molecule has 1 fully saturated rings. The number of aryl methyl sites for hydroxylation is 1. The number of nitrogens with two attached hydrogens (primary N) is 1. The Morgan fingerprint density at radius 3 is 2.67 bits per heavy atom. The molecule has 100 valence electrons. The molecular weight excluding hydrogens is 255 g/mol. The largest absolute Gasteiger partial charge is 0.398 e. The molecule has 0 radical (unpaired) electrons. The molecule has 6 heteroatoms. The number of rotatable bonds is 2. The molecule has 2 N–H and O–H groups in total. The van der Waals surface area contributed by atoms with E-state index in [0.717, 1.165) is 12.8 Å². The van der Waals surface area contributed by atoms with E-state index in [2.05, 4.69) is 0 Å². The minimum Gasteiger partial charge on any atom is -0.398 e. The highest BCUT2D eigenvalue weighted by molar-refractivity contribution is 7.89. The van der Waals surface area contributed by atoms with E-state index in [9.17, 15) is 12.8 Å². The van der Waals surface area contributed by atoms with E-state index in [1.807, 2.05) is 6.92 Å². The normalized spacial score (nSPS) is 21.4. The minimum absolute atomic E-state index is 0.0862. The van der Waals surface area contributed by atoms with E-state index in [-0.39, 0.29) is 10.9 Å². The summed E-state index contributed by atoms with van der Waals surface area (Å²) >= 11 is 0. The number of sulfonamides is 1. The van der Waals surface area contributed by atoms with Crippen LogP contribution in [0.4, 0.5) is 10.1 Å². The Bertz CT molecular complexity index is 572. The SMILES string of the molecule is Cc1cc(F)c(S(=O)(=O)N2CCCC2C)cc1N. The first-order chi connectivity index (χ1) is 8.34. The Morgan fingerprint density at radius 1 is 1.44 bits per heavy atom. The van der Waals surface area contributed by atoms with E-state index >= 15 is 0 Å². The van der Waals surface area contributed by atoms with E-state index in [1.165, 1.54) is 16.4 Å². The van der Waals surface area contributed by atoms with Gasteiger partial charge in [-0.05, 0) is 44.4 Å². The van der Waals surface area contributed by atoms with Crippen molar-refractivity contribution in [2.24, 2.45) is 0 Å². The van der Waals surface area contributed by atoms with Crippen molar-refractivity contribution in [3.63, 3.8) is 0 Å². The molecule has 1 heterocycles. The lowest BCUT2D eigenvalue weighted by atomic mass is 10.2. The van der Waals surface area contributed by atoms with Gasteiger partial charge in [-0.2, -0.15) is 4.31 Å². The Morgan fingerprint density at radius 2 is 2.11 bits per heavy atom. The number of nitrogens with zero attached hydrogens (tertiary/aromatic N) is 1. The van der Waals surface area contributed by atoms with Crippen LogP contribution in [0, 0.1) is 12.7 Å². The maximum absolute atomic E-state index is 13.8. The van der Waals surface area contributed by atoms with Gasteiger partial charge < -0.3 is 5.73 Å². The van der Waals surface area contributed by atoms with Crippen LogP contribution in [0.3, 0.4) is 0 Å². The molecule has 0 amide bonds. The van der Waals surface area contributed by atoms with E-state index in [1.54, 1.807) is 6.92 Å². The third-order valence-electron chi connectivity index (χ3n) is 3.40. The maximum atomic E-state index is 13.8. The van der Waals surface area contributed by atoms with Gasteiger partial charge in [-0.15, -0.1) is 0 Å². The highest BCUT2D eigenvalue weighted by Crippen LogP contribution is 2.29. The van der Waals surface area contributed by atoms with Crippen LogP contribution in [0.15, 0.2) is 17.0 Å². The average Bonchev–Trinajstić information content (AvgIpc) is 2.70. The highest BCUT2D eigenvalue weighted by Gasteiger charge is 2.34. The fraction of sp³-hybridized carbons (Fsp3) is 0.500. The van der Waals surface area contributed by atoms with Gasteiger partial charge in [0.2, 0.25) is 10.0 Å². The van der Waals surface area contributed by atoms with Gasteiger partial charge in [0.05, 0.1) is 0 Å². The first-order valence-corrected chi connectivity index (χ1v) is 7.35. The molecule has 0 bridgehead atoms. The molecule has 0 aliphatic carbocycles. The number of benzene rings is 1. The second-order valence-corrected chi connectivity index (χ2v) is 6.61. The van der Waals surface area contributed by atoms with Crippen LogP contribution in [0.1, 0.15) is 25.3 Å². The van der Waals surface area contributed by atoms with Crippen LogP contribution in [0.25, 0.3) is 0 Å². The highest BCUT2D eigenvalue weighted by atomic mass is 32.2. The Kier molecular flexibility index (Phi) is 3.33. The van der Waals surface area contributed by atoms with Crippen molar-refractivity contribution in [2.75, 3.05) is 12.3 Å². The van der Waals surface area contributed by atoms with Gasteiger partial charge >= 0.3 is 0 Å². The van der Waals surface area contributed by atoms with Crippen molar-refractivity contribution in [3.05, 3.63) is 23.5 Å². The van der Waals surface area contributed by atoms with Crippen LogP contribution < -0.4 is 5.73 Å². The number of hydrogen-bond donors (Lipinski definition) is 1. The van der Waals surface area contributed by atoms with Gasteiger partial charge in [-0.3, -0.25) is 0 Å². The predicted octanol–water partition coefficient (Wildman–Crippen LogP) is 1.89. The quantitative estimate of drug-likeness (QED) is 0.836. The zero-order chi connectivity index (χ0) is 13.5. The van der Waals surface area contributed by atoms with Crippen molar-refractivity contribution in [2.45, 2.75) is 37.6 Å². The molecule has 18 heavy (non-hydrogen) atoms. The van der Waals surface area contributed by atoms with E-state index < -0.39 is 15.8 Å². The third kappa shape index (κ3) is 2.10. The van der Waals surface area contributed by atoms with E-state index in [4.69, 9.17) is 5.73 Å². The van der Waals surface area contributed by atoms with Gasteiger partial charge in [-0.1, -0.05) is 0 Å². The summed E-state index contributed by atoms with van der Waals surface area (Å²) in [6, 6.07) is 2.30. The molecule has 0 saturated carbocycles. The lowest BCUT2D eigenvalue weighted by molar-refractivity contribution is 0.405. The minimum atomic E-state index is -3.78. The zero-order valence-electron chi connectivity index (χ0n) is 10.5. The summed E-state index contributed by atoms with van der Waals surface area (Å²) < 4.78 is 39.9. The zero-order valence-corrected chi connectivity index (χ0v) is 11.3. The number of nitrogen functional groups attached to an aromatic ring is 1. The molecule has 4 nitrogen and oxygen atoms in total. The van der Waals surface area contributed by atoms with Gasteiger partial charge in [0.1, 0.15) is 10.7 Å². The lowest BCUT2D eigenvalue weighted by Crippen LogP contribution is -2.34. The first-order valence-electron chi connectivity index (χ1n) is 5.91. The molecule has 0 spiro atoms. The second kappa shape index (κ2) is 4.51. The Labute approximate surface area is 107 Å². The summed E-state index contributed by atoms with van der Waals surface area (Å²) in [6.45, 7) is 3.92. The molecule has 2 rings (SSSR count). The van der Waals surface area contributed by atoms with E-state index in [0.29, 0.717) is 17.8 Å². The second-order valence-electron chi connectivity index (χ2n) is 4.75. The van der Waals surface area contributed by atoms with Crippen molar-refractivity contribution >= 4 is 15.7 Å². The number of halogens is 1. The maximum Gasteiger partial charge on any atom is 0.246 e. The number of hydrogen-bond acceptors (Lipinski definition) is 3. The molecule has 1 unspecified atom stereocenters. The number of anilines is 1. The molecule has 1 atom stereocenters. The van der Waals surface area contributed by atoms with Gasteiger partial charge in [-0.25, -0.2) is 12.8 Å². The fourth-order valence-corrected chi connectivity index (χ4v) is 4.04. The summed E-state index contributed by atoms with van der Waals surface area (Å²) in [7, 11) is -3.78. The van der Waals surface area contributed by atoms with Crippen LogP contribution in [0.2, 0.25) is 0 Å². The van der Waals surface area contributed by atoms with Crippen LogP contribution in [-0.2, 0) is 10.0 Å². The summed E-state index contributed by atoms with van der Waals surface area (Å²) in [4.78, 5) is -0.320. The summed E-state index contributed by atoms with van der Waals surface area (Å²) in [5, 5.41) is 0. The summed E-state index contributed by atoms with van der Waals surface area (Å²) in [5.41, 5.74) is 6.51. The summed E-state index contributed by atoms with van der Waals surface area (Å²) in [6.07, 6.45) is 1.62. The molecule has 1 aromatic carbocycles. The molecule has 1 aromatic rings. The van der Waals surface area contributed by atoms with Crippen molar-refractivity contribution in [3.8, 4) is 0 Å². The monoisotopic (exact) mass is 272 g/mol. The Hall–Kier alpha value is -1.14. The standard InChI is InChI=1S/C12H17FN2O2S/c1-8-6-10(13)12(7-11(8)14)18(16,17)15-5-3-4-9(15)2/h6-7,9H,3-5,14H2,1-2H3. The molecule has 1 aliphatic rings. The van der Waals surface area contributed by atoms with Crippen molar-refractivity contribution < 1.29 is 12.8 Å². The third-order valence-corrected chi connectivity index (χ3v) is 5.43. The van der Waals surface area contributed by atoms with Gasteiger partial charge in [0.25, 0.3) is 0 Å². The van der Waals surface area contributed by atoms with Gasteiger partial charge in [0, 0.05) is 18.3 Å².